The van der Waals surface area contributed by atoms with Crippen molar-refractivity contribution in [3.8, 4) is 0 Å². The van der Waals surface area contributed by atoms with Gasteiger partial charge in [-0.1, -0.05) is 46.9 Å². The van der Waals surface area contributed by atoms with Crippen LogP contribution in [0.25, 0.3) is 0 Å². The zero-order valence-corrected chi connectivity index (χ0v) is 11.8. The highest BCUT2D eigenvalue weighted by Crippen LogP contribution is 2.28. The summed E-state index contributed by atoms with van der Waals surface area (Å²) in [6.45, 7) is 0. The summed E-state index contributed by atoms with van der Waals surface area (Å²) in [5.74, 6) is -0.548. The number of pyridine rings is 1. The van der Waals surface area contributed by atoms with Crippen molar-refractivity contribution in [2.45, 2.75) is 12.5 Å². The Morgan fingerprint density at radius 2 is 1.95 bits per heavy atom. The second-order valence-electron chi connectivity index (χ2n) is 3.95. The molecule has 1 aromatic heterocycles. The Kier molecular flexibility index (Phi) is 4.63. The van der Waals surface area contributed by atoms with Crippen LogP contribution in [0.1, 0.15) is 17.4 Å². The van der Waals surface area contributed by atoms with Crippen molar-refractivity contribution in [1.29, 1.82) is 0 Å². The molecule has 2 aromatic rings. The fourth-order valence-corrected chi connectivity index (χ4v) is 2.38. The Morgan fingerprint density at radius 3 is 2.63 bits per heavy atom. The fourth-order valence-electron chi connectivity index (χ4n) is 1.68. The molecule has 1 aromatic carbocycles. The second-order valence-corrected chi connectivity index (χ2v) is 5.20. The third-order valence-corrected chi connectivity index (χ3v) is 3.40. The van der Waals surface area contributed by atoms with Gasteiger partial charge in [-0.3, -0.25) is 4.98 Å². The lowest BCUT2D eigenvalue weighted by Crippen LogP contribution is -2.06. The molecule has 2 nitrogen and oxygen atoms in total. The quantitative estimate of drug-likeness (QED) is 0.906. The molecule has 0 aliphatic rings. The van der Waals surface area contributed by atoms with E-state index in [2.05, 4.69) is 4.98 Å². The molecule has 0 aliphatic carbocycles. The molecule has 0 saturated carbocycles. The topological polar surface area (TPSA) is 33.1 Å². The molecule has 0 saturated heterocycles. The summed E-state index contributed by atoms with van der Waals surface area (Å²) in [5, 5.41) is 10.7. The highest BCUT2D eigenvalue weighted by Gasteiger charge is 2.17. The van der Waals surface area contributed by atoms with Gasteiger partial charge >= 0.3 is 0 Å². The van der Waals surface area contributed by atoms with Crippen LogP contribution in [0, 0.1) is 5.82 Å². The van der Waals surface area contributed by atoms with Gasteiger partial charge in [-0.15, -0.1) is 0 Å². The first-order valence-corrected chi connectivity index (χ1v) is 6.54. The summed E-state index contributed by atoms with van der Waals surface area (Å²) in [4.78, 5) is 3.96. The van der Waals surface area contributed by atoms with E-state index in [1.165, 1.54) is 18.3 Å². The van der Waals surface area contributed by atoms with E-state index in [9.17, 15) is 9.50 Å². The van der Waals surface area contributed by atoms with E-state index in [1.807, 2.05) is 0 Å². The van der Waals surface area contributed by atoms with Gasteiger partial charge in [0.25, 0.3) is 0 Å². The van der Waals surface area contributed by atoms with E-state index in [4.69, 9.17) is 34.8 Å². The van der Waals surface area contributed by atoms with Gasteiger partial charge < -0.3 is 5.11 Å². The minimum Gasteiger partial charge on any atom is -0.386 e. The molecule has 0 radical (unpaired) electrons. The third kappa shape index (κ3) is 3.37. The number of halogens is 4. The Morgan fingerprint density at radius 1 is 1.21 bits per heavy atom. The monoisotopic (exact) mass is 319 g/mol. The largest absolute Gasteiger partial charge is 0.386 e. The van der Waals surface area contributed by atoms with Crippen LogP contribution < -0.4 is 0 Å². The number of aromatic nitrogens is 1. The van der Waals surface area contributed by atoms with Gasteiger partial charge in [0, 0.05) is 12.6 Å². The number of hydrogen-bond donors (Lipinski definition) is 1. The maximum Gasteiger partial charge on any atom is 0.145 e. The molecular formula is C13H9Cl3FNO. The van der Waals surface area contributed by atoms with Gasteiger partial charge in [0.1, 0.15) is 11.9 Å². The number of benzene rings is 1. The highest BCUT2D eigenvalue weighted by molar-refractivity contribution is 6.34. The van der Waals surface area contributed by atoms with Gasteiger partial charge in [-0.25, -0.2) is 4.39 Å². The van der Waals surface area contributed by atoms with Crippen LogP contribution in [-0.2, 0) is 6.42 Å². The Labute approximate surface area is 124 Å². The van der Waals surface area contributed by atoms with Crippen molar-refractivity contribution < 1.29 is 9.50 Å². The van der Waals surface area contributed by atoms with Crippen LogP contribution >= 0.6 is 34.8 Å². The van der Waals surface area contributed by atoms with E-state index in [1.54, 1.807) is 12.1 Å². The number of aliphatic hydroxyl groups excluding tert-OH is 1. The van der Waals surface area contributed by atoms with E-state index >= 15 is 0 Å². The number of rotatable bonds is 3. The van der Waals surface area contributed by atoms with E-state index < -0.39 is 11.9 Å². The zero-order chi connectivity index (χ0) is 14.0. The predicted octanol–water partition coefficient (Wildman–Crippen LogP) is 4.46. The molecule has 0 spiro atoms. The molecule has 2 rings (SSSR count). The van der Waals surface area contributed by atoms with Gasteiger partial charge in [-0.2, -0.15) is 0 Å². The first-order valence-electron chi connectivity index (χ1n) is 5.41. The molecule has 0 fully saturated rings. The van der Waals surface area contributed by atoms with Crippen LogP contribution in [-0.4, -0.2) is 10.1 Å². The van der Waals surface area contributed by atoms with Crippen molar-refractivity contribution >= 4 is 34.8 Å². The smallest absolute Gasteiger partial charge is 0.145 e. The van der Waals surface area contributed by atoms with Crippen LogP contribution in [0.3, 0.4) is 0 Å². The molecule has 0 aliphatic heterocycles. The van der Waals surface area contributed by atoms with Crippen molar-refractivity contribution in [3.05, 3.63) is 62.6 Å². The zero-order valence-electron chi connectivity index (χ0n) is 9.58. The SMILES string of the molecule is OC(Cc1cccc(Cl)c1F)c1ncc(Cl)cc1Cl. The lowest BCUT2D eigenvalue weighted by molar-refractivity contribution is 0.172. The van der Waals surface area contributed by atoms with Gasteiger partial charge in [-0.05, 0) is 17.7 Å². The van der Waals surface area contributed by atoms with Crippen LogP contribution in [0.15, 0.2) is 30.5 Å². The standard InChI is InChI=1S/C13H9Cl3FNO/c14-8-5-10(16)13(18-6-8)11(19)4-7-2-1-3-9(15)12(7)17/h1-3,5-6,11,19H,4H2. The number of aliphatic hydroxyl groups is 1. The Hall–Kier alpha value is -0.870. The van der Waals surface area contributed by atoms with Gasteiger partial charge in [0.15, 0.2) is 0 Å². The van der Waals surface area contributed by atoms with E-state index in [-0.39, 0.29) is 22.2 Å². The first-order chi connectivity index (χ1) is 8.99. The molecule has 1 N–H and O–H groups in total. The maximum absolute atomic E-state index is 13.7. The van der Waals surface area contributed by atoms with Crippen molar-refractivity contribution in [3.63, 3.8) is 0 Å². The average molecular weight is 321 g/mol. The molecule has 1 heterocycles. The molecule has 1 unspecified atom stereocenters. The number of hydrogen-bond acceptors (Lipinski definition) is 2. The lowest BCUT2D eigenvalue weighted by Gasteiger charge is -2.12. The fraction of sp³-hybridized carbons (Fsp3) is 0.154. The minimum absolute atomic E-state index is 0.0138. The minimum atomic E-state index is -1.03. The Bertz CT molecular complexity index is 606. The van der Waals surface area contributed by atoms with Crippen LogP contribution in [0.5, 0.6) is 0 Å². The predicted molar refractivity (Wildman–Crippen MR) is 74.3 cm³/mol. The molecule has 19 heavy (non-hydrogen) atoms. The summed E-state index contributed by atoms with van der Waals surface area (Å²) in [5.41, 5.74) is 0.554. The first kappa shape index (κ1) is 14.5. The average Bonchev–Trinajstić information content (AvgIpc) is 2.34. The van der Waals surface area contributed by atoms with Crippen LogP contribution in [0.2, 0.25) is 15.1 Å². The summed E-state index contributed by atoms with van der Waals surface area (Å²) >= 11 is 17.3. The maximum atomic E-state index is 13.7. The van der Waals surface area contributed by atoms with Crippen molar-refractivity contribution in [1.82, 2.24) is 4.98 Å². The van der Waals surface area contributed by atoms with Gasteiger partial charge in [0.05, 0.1) is 20.8 Å². The molecular weight excluding hydrogens is 312 g/mol. The molecule has 0 bridgehead atoms. The van der Waals surface area contributed by atoms with Gasteiger partial charge in [0.2, 0.25) is 0 Å². The summed E-state index contributed by atoms with van der Waals surface area (Å²) < 4.78 is 13.7. The molecule has 100 valence electrons. The molecule has 0 amide bonds. The highest BCUT2D eigenvalue weighted by atomic mass is 35.5. The van der Waals surface area contributed by atoms with E-state index in [0.717, 1.165) is 0 Å². The summed E-state index contributed by atoms with van der Waals surface area (Å²) in [6.07, 6.45) is 0.374. The normalized spacial score (nSPS) is 12.5. The summed E-state index contributed by atoms with van der Waals surface area (Å²) in [7, 11) is 0. The van der Waals surface area contributed by atoms with E-state index in [0.29, 0.717) is 10.6 Å². The third-order valence-electron chi connectivity index (χ3n) is 2.60. The van der Waals surface area contributed by atoms with Crippen molar-refractivity contribution in [2.75, 3.05) is 0 Å². The number of nitrogens with zero attached hydrogens (tertiary/aromatic N) is 1. The van der Waals surface area contributed by atoms with Crippen molar-refractivity contribution in [2.24, 2.45) is 0 Å². The molecule has 6 heteroatoms. The lowest BCUT2D eigenvalue weighted by atomic mass is 10.0. The summed E-state index contributed by atoms with van der Waals surface area (Å²) in [6, 6.07) is 6.09. The molecule has 1 atom stereocenters. The Balaban J connectivity index is 2.25. The second kappa shape index (κ2) is 6.06. The van der Waals surface area contributed by atoms with Crippen LogP contribution in [0.4, 0.5) is 4.39 Å².